The first-order valence-corrected chi connectivity index (χ1v) is 14.3. The molecule has 4 aromatic carbocycles. The molecule has 8 nitrogen and oxygen atoms in total. The van der Waals surface area contributed by atoms with Gasteiger partial charge in [0.1, 0.15) is 36.2 Å². The minimum Gasteiger partial charge on any atom is -0.526 e. The van der Waals surface area contributed by atoms with E-state index in [9.17, 15) is 0 Å². The maximum atomic E-state index is 6.06. The summed E-state index contributed by atoms with van der Waals surface area (Å²) in [6.07, 6.45) is 0. The summed E-state index contributed by atoms with van der Waals surface area (Å²) in [5.74, 6) is 0.392. The monoisotopic (exact) mass is 581 g/mol. The van der Waals surface area contributed by atoms with Crippen molar-refractivity contribution in [2.45, 2.75) is 38.6 Å². The van der Waals surface area contributed by atoms with Crippen molar-refractivity contribution in [3.8, 4) is 23.0 Å². The van der Waals surface area contributed by atoms with Gasteiger partial charge in [-0.15, -0.1) is 0 Å². The number of rotatable bonds is 12. The van der Waals surface area contributed by atoms with Crippen LogP contribution >= 0.6 is 0 Å². The van der Waals surface area contributed by atoms with Crippen LogP contribution in [-0.4, -0.2) is 34.1 Å². The van der Waals surface area contributed by atoms with Crippen LogP contribution in [0.5, 0.6) is 23.0 Å². The predicted molar refractivity (Wildman–Crippen MR) is 160 cm³/mol. The molecule has 0 aromatic heterocycles. The van der Waals surface area contributed by atoms with Crippen molar-refractivity contribution >= 4 is 7.69 Å². The van der Waals surface area contributed by atoms with Gasteiger partial charge in [-0.05, 0) is 61.4 Å². The van der Waals surface area contributed by atoms with Crippen LogP contribution in [-0.2, 0) is 43.7 Å². The summed E-state index contributed by atoms with van der Waals surface area (Å²) in [6, 6.07) is 31.1. The van der Waals surface area contributed by atoms with Gasteiger partial charge < -0.3 is 37.7 Å². The van der Waals surface area contributed by atoms with E-state index in [1.807, 2.05) is 111 Å². The standard InChI is InChI=1S/C34H34BO8/c1-33(38-17-18-39-33)29-21-27(36-23-25-9-5-3-6-10-25)13-15-31(29)42-35-43-32-16-14-28(37-24-26-11-7-4-8-12-26)22-30(32)34(2)40-19-20-41-34/h3-16,21-22H,17-20,23-24H2,1-2H3. The lowest BCUT2D eigenvalue weighted by molar-refractivity contribution is -0.150. The molecule has 43 heavy (non-hydrogen) atoms. The van der Waals surface area contributed by atoms with Crippen molar-refractivity contribution in [2.24, 2.45) is 0 Å². The summed E-state index contributed by atoms with van der Waals surface area (Å²) >= 11 is 0. The molecule has 2 saturated heterocycles. The lowest BCUT2D eigenvalue weighted by Crippen LogP contribution is -2.26. The van der Waals surface area contributed by atoms with Crippen LogP contribution < -0.4 is 18.8 Å². The fourth-order valence-corrected chi connectivity index (χ4v) is 5.06. The summed E-state index contributed by atoms with van der Waals surface area (Å²) in [4.78, 5) is 0. The highest BCUT2D eigenvalue weighted by molar-refractivity contribution is 6.20. The number of hydrogen-bond acceptors (Lipinski definition) is 8. The average molecular weight is 581 g/mol. The van der Waals surface area contributed by atoms with Gasteiger partial charge in [0.15, 0.2) is 11.6 Å². The minimum absolute atomic E-state index is 0.435. The topological polar surface area (TPSA) is 73.8 Å². The van der Waals surface area contributed by atoms with Crippen molar-refractivity contribution in [3.63, 3.8) is 0 Å². The molecule has 9 heteroatoms. The first kappa shape index (κ1) is 29.1. The van der Waals surface area contributed by atoms with Gasteiger partial charge in [-0.2, -0.15) is 0 Å². The molecule has 0 amide bonds. The molecular formula is C34H34BO8. The van der Waals surface area contributed by atoms with Crippen LogP contribution in [0.15, 0.2) is 97.1 Å². The van der Waals surface area contributed by atoms with Crippen LogP contribution in [0.1, 0.15) is 36.1 Å². The molecule has 2 aliphatic heterocycles. The lowest BCUT2D eigenvalue weighted by atomic mass is 10.0. The molecule has 2 aliphatic rings. The zero-order valence-electron chi connectivity index (χ0n) is 24.3. The van der Waals surface area contributed by atoms with Crippen LogP contribution in [0.2, 0.25) is 0 Å². The summed E-state index contributed by atoms with van der Waals surface area (Å²) in [5, 5.41) is 0. The van der Waals surface area contributed by atoms with E-state index in [-0.39, 0.29) is 0 Å². The molecule has 2 heterocycles. The second-order valence-corrected chi connectivity index (χ2v) is 10.5. The Morgan fingerprint density at radius 3 is 1.35 bits per heavy atom. The van der Waals surface area contributed by atoms with E-state index >= 15 is 0 Å². The fraction of sp³-hybridized carbons (Fsp3) is 0.294. The Labute approximate surface area is 252 Å². The summed E-state index contributed by atoms with van der Waals surface area (Å²) in [5.41, 5.74) is 3.52. The second-order valence-electron chi connectivity index (χ2n) is 10.5. The van der Waals surface area contributed by atoms with Crippen LogP contribution in [0.3, 0.4) is 0 Å². The van der Waals surface area contributed by atoms with E-state index < -0.39 is 11.6 Å². The molecule has 2 fully saturated rings. The molecule has 0 bridgehead atoms. The molecule has 1 radical (unpaired) electrons. The fourth-order valence-electron chi connectivity index (χ4n) is 5.06. The Hall–Kier alpha value is -4.02. The van der Waals surface area contributed by atoms with E-state index in [0.29, 0.717) is 73.8 Å². The highest BCUT2D eigenvalue weighted by atomic mass is 16.7. The van der Waals surface area contributed by atoms with Crippen molar-refractivity contribution < 1.29 is 37.7 Å². The first-order chi connectivity index (χ1) is 21.0. The van der Waals surface area contributed by atoms with Gasteiger partial charge in [0.2, 0.25) is 0 Å². The Morgan fingerprint density at radius 1 is 0.558 bits per heavy atom. The van der Waals surface area contributed by atoms with Gasteiger partial charge in [0, 0.05) is 0 Å². The molecule has 0 saturated carbocycles. The molecule has 4 aromatic rings. The Morgan fingerprint density at radius 2 is 0.953 bits per heavy atom. The molecule has 0 aliphatic carbocycles. The van der Waals surface area contributed by atoms with E-state index in [2.05, 4.69) is 0 Å². The van der Waals surface area contributed by atoms with Gasteiger partial charge in [-0.3, -0.25) is 0 Å². The number of ether oxygens (including phenoxy) is 6. The smallest absolute Gasteiger partial charge is 0.526 e. The molecular weight excluding hydrogens is 547 g/mol. The van der Waals surface area contributed by atoms with Crippen molar-refractivity contribution in [3.05, 3.63) is 119 Å². The van der Waals surface area contributed by atoms with E-state index in [0.717, 1.165) is 11.1 Å². The van der Waals surface area contributed by atoms with E-state index in [1.165, 1.54) is 7.69 Å². The largest absolute Gasteiger partial charge is 0.658 e. The third-order valence-corrected chi connectivity index (χ3v) is 7.40. The zero-order valence-corrected chi connectivity index (χ0v) is 24.3. The molecule has 221 valence electrons. The Bertz CT molecular complexity index is 1370. The average Bonchev–Trinajstić information content (AvgIpc) is 3.70. The third-order valence-electron chi connectivity index (χ3n) is 7.40. The van der Waals surface area contributed by atoms with Crippen LogP contribution in [0.25, 0.3) is 0 Å². The lowest BCUT2D eigenvalue weighted by Gasteiger charge is -2.27. The molecule has 0 spiro atoms. The maximum Gasteiger partial charge on any atom is 0.658 e. The summed E-state index contributed by atoms with van der Waals surface area (Å²) in [6.45, 7) is 6.52. The number of hydrogen-bond donors (Lipinski definition) is 0. The highest BCUT2D eigenvalue weighted by Gasteiger charge is 2.38. The van der Waals surface area contributed by atoms with E-state index in [1.54, 1.807) is 0 Å². The van der Waals surface area contributed by atoms with Crippen molar-refractivity contribution in [1.29, 1.82) is 0 Å². The maximum absolute atomic E-state index is 6.06. The SMILES string of the molecule is CC1(c2cc(OCc3ccccc3)ccc2O[B]Oc2ccc(OCc3ccccc3)cc2C2(C)OCCO2)OCCO1. The normalized spacial score (nSPS) is 16.9. The molecule has 6 rings (SSSR count). The van der Waals surface area contributed by atoms with Gasteiger partial charge in [0.05, 0.1) is 37.6 Å². The third kappa shape index (κ3) is 6.97. The zero-order chi connectivity index (χ0) is 29.5. The van der Waals surface area contributed by atoms with Gasteiger partial charge >= 0.3 is 7.69 Å². The summed E-state index contributed by atoms with van der Waals surface area (Å²) in [7, 11) is 1.28. The van der Waals surface area contributed by atoms with Crippen molar-refractivity contribution in [2.75, 3.05) is 26.4 Å². The Kier molecular flexibility index (Phi) is 8.86. The predicted octanol–water partition coefficient (Wildman–Crippen LogP) is 6.28. The minimum atomic E-state index is -0.989. The number of benzene rings is 4. The Balaban J connectivity index is 1.18. The van der Waals surface area contributed by atoms with Crippen LogP contribution in [0.4, 0.5) is 0 Å². The van der Waals surface area contributed by atoms with Crippen molar-refractivity contribution in [1.82, 2.24) is 0 Å². The quantitative estimate of drug-likeness (QED) is 0.181. The molecule has 0 atom stereocenters. The van der Waals surface area contributed by atoms with E-state index in [4.69, 9.17) is 37.7 Å². The van der Waals surface area contributed by atoms with Gasteiger partial charge in [-0.25, -0.2) is 0 Å². The van der Waals surface area contributed by atoms with Gasteiger partial charge in [-0.1, -0.05) is 60.7 Å². The molecule has 0 N–H and O–H groups in total. The first-order valence-electron chi connectivity index (χ1n) is 14.3. The second kappa shape index (κ2) is 13.1. The summed E-state index contributed by atoms with van der Waals surface area (Å²) < 4.78 is 48.0. The molecule has 0 unspecified atom stereocenters. The van der Waals surface area contributed by atoms with Gasteiger partial charge in [0.25, 0.3) is 0 Å². The highest BCUT2D eigenvalue weighted by Crippen LogP contribution is 2.41. The van der Waals surface area contributed by atoms with Crippen LogP contribution in [0, 0.1) is 0 Å².